The number of benzene rings is 1. The van der Waals surface area contributed by atoms with Gasteiger partial charge in [0.1, 0.15) is 5.82 Å². The number of aryl methyl sites for hydroxylation is 1. The van der Waals surface area contributed by atoms with Gasteiger partial charge in [0.05, 0.1) is 0 Å². The van der Waals surface area contributed by atoms with Crippen LogP contribution >= 0.6 is 0 Å². The Hall–Kier alpha value is -1.94. The second-order valence-electron chi connectivity index (χ2n) is 7.37. The van der Waals surface area contributed by atoms with E-state index in [9.17, 15) is 4.79 Å². The standard InChI is InChI=1S/C21H29N3O/c1-3-4-7-19-13-20(25)23-21(22-19)18-10-8-17(9-11-18)15-24-12-5-6-16(2)14-24/h8-11,13,16H,3-7,12,14-15H2,1-2H3,(H,22,23,25). The van der Waals surface area contributed by atoms with Gasteiger partial charge in [-0.2, -0.15) is 0 Å². The topological polar surface area (TPSA) is 49.0 Å². The number of H-pyrrole nitrogens is 1. The van der Waals surface area contributed by atoms with Crippen molar-refractivity contribution >= 4 is 0 Å². The number of unbranched alkanes of at least 4 members (excludes halogenated alkanes) is 1. The molecule has 0 amide bonds. The molecule has 3 rings (SSSR count). The predicted octanol–water partition coefficient (Wildman–Crippen LogP) is 4.01. The molecule has 4 nitrogen and oxygen atoms in total. The zero-order chi connectivity index (χ0) is 17.6. The lowest BCUT2D eigenvalue weighted by molar-refractivity contribution is 0.176. The Kier molecular flexibility index (Phi) is 6.03. The third-order valence-electron chi connectivity index (χ3n) is 4.96. The van der Waals surface area contributed by atoms with Crippen LogP contribution in [0.1, 0.15) is 50.8 Å². The van der Waals surface area contributed by atoms with Gasteiger partial charge >= 0.3 is 0 Å². The zero-order valence-corrected chi connectivity index (χ0v) is 15.4. The van der Waals surface area contributed by atoms with Crippen molar-refractivity contribution in [1.29, 1.82) is 0 Å². The van der Waals surface area contributed by atoms with Gasteiger partial charge in [-0.3, -0.25) is 9.69 Å². The van der Waals surface area contributed by atoms with Crippen molar-refractivity contribution in [2.24, 2.45) is 5.92 Å². The summed E-state index contributed by atoms with van der Waals surface area (Å²) in [5, 5.41) is 0. The second-order valence-corrected chi connectivity index (χ2v) is 7.37. The molecule has 1 N–H and O–H groups in total. The number of nitrogens with zero attached hydrogens (tertiary/aromatic N) is 2. The van der Waals surface area contributed by atoms with Crippen LogP contribution in [0.15, 0.2) is 35.1 Å². The molecule has 134 valence electrons. The number of likely N-dealkylation sites (tertiary alicyclic amines) is 1. The summed E-state index contributed by atoms with van der Waals surface area (Å²) in [6.07, 6.45) is 5.67. The van der Waals surface area contributed by atoms with Crippen molar-refractivity contribution in [2.45, 2.75) is 52.5 Å². The lowest BCUT2D eigenvalue weighted by Crippen LogP contribution is -2.33. The van der Waals surface area contributed by atoms with E-state index in [0.29, 0.717) is 5.82 Å². The van der Waals surface area contributed by atoms with Crippen molar-refractivity contribution in [3.8, 4) is 11.4 Å². The Morgan fingerprint density at radius 3 is 2.80 bits per heavy atom. The maximum atomic E-state index is 11.9. The van der Waals surface area contributed by atoms with Gasteiger partial charge in [0.15, 0.2) is 0 Å². The smallest absolute Gasteiger partial charge is 0.251 e. The molecule has 2 aromatic rings. The molecule has 2 heterocycles. The lowest BCUT2D eigenvalue weighted by atomic mass is 9.99. The van der Waals surface area contributed by atoms with Gasteiger partial charge in [-0.05, 0) is 43.7 Å². The summed E-state index contributed by atoms with van der Waals surface area (Å²) < 4.78 is 0. The molecule has 1 aromatic carbocycles. The van der Waals surface area contributed by atoms with Gasteiger partial charge in [0, 0.05) is 30.4 Å². The van der Waals surface area contributed by atoms with Gasteiger partial charge in [-0.25, -0.2) is 4.98 Å². The first-order chi connectivity index (χ1) is 12.1. The SMILES string of the molecule is CCCCc1cc(=O)[nH]c(-c2ccc(CN3CCCC(C)C3)cc2)n1. The first-order valence-electron chi connectivity index (χ1n) is 9.56. The number of nitrogens with one attached hydrogen (secondary N) is 1. The highest BCUT2D eigenvalue weighted by Gasteiger charge is 2.16. The first-order valence-corrected chi connectivity index (χ1v) is 9.56. The second kappa shape index (κ2) is 8.43. The van der Waals surface area contributed by atoms with Gasteiger partial charge in [-0.15, -0.1) is 0 Å². The van der Waals surface area contributed by atoms with Crippen molar-refractivity contribution in [3.63, 3.8) is 0 Å². The molecule has 0 saturated carbocycles. The van der Waals surface area contributed by atoms with Crippen molar-refractivity contribution < 1.29 is 0 Å². The summed E-state index contributed by atoms with van der Waals surface area (Å²) in [7, 11) is 0. The van der Waals surface area contributed by atoms with Crippen LogP contribution in [-0.2, 0) is 13.0 Å². The number of hydrogen-bond acceptors (Lipinski definition) is 3. The maximum Gasteiger partial charge on any atom is 0.251 e. The summed E-state index contributed by atoms with van der Waals surface area (Å²) in [6.45, 7) is 7.88. The number of rotatable bonds is 6. The van der Waals surface area contributed by atoms with E-state index >= 15 is 0 Å². The largest absolute Gasteiger partial charge is 0.307 e. The highest BCUT2D eigenvalue weighted by atomic mass is 16.1. The van der Waals surface area contributed by atoms with E-state index in [4.69, 9.17) is 0 Å². The van der Waals surface area contributed by atoms with Crippen LogP contribution in [-0.4, -0.2) is 28.0 Å². The normalized spacial score (nSPS) is 18.4. The van der Waals surface area contributed by atoms with E-state index in [2.05, 4.69) is 53.0 Å². The summed E-state index contributed by atoms with van der Waals surface area (Å²) >= 11 is 0. The van der Waals surface area contributed by atoms with E-state index in [-0.39, 0.29) is 5.56 Å². The minimum Gasteiger partial charge on any atom is -0.307 e. The first kappa shape index (κ1) is 17.9. The van der Waals surface area contributed by atoms with E-state index in [0.717, 1.165) is 43.0 Å². The number of hydrogen-bond donors (Lipinski definition) is 1. The third kappa shape index (κ3) is 5.02. The Labute approximate surface area is 150 Å². The molecule has 4 heteroatoms. The third-order valence-corrected chi connectivity index (χ3v) is 4.96. The molecule has 25 heavy (non-hydrogen) atoms. The van der Waals surface area contributed by atoms with E-state index < -0.39 is 0 Å². The van der Waals surface area contributed by atoms with E-state index in [1.807, 2.05) is 0 Å². The van der Waals surface area contributed by atoms with Crippen LogP contribution in [0.5, 0.6) is 0 Å². The fourth-order valence-corrected chi connectivity index (χ4v) is 3.59. The monoisotopic (exact) mass is 339 g/mol. The Balaban J connectivity index is 1.71. The van der Waals surface area contributed by atoms with Crippen LogP contribution in [0.25, 0.3) is 11.4 Å². The van der Waals surface area contributed by atoms with Crippen LogP contribution < -0.4 is 5.56 Å². The van der Waals surface area contributed by atoms with Crippen molar-refractivity contribution in [2.75, 3.05) is 13.1 Å². The molecule has 0 aliphatic carbocycles. The fourth-order valence-electron chi connectivity index (χ4n) is 3.59. The molecule has 1 atom stereocenters. The van der Waals surface area contributed by atoms with E-state index in [1.54, 1.807) is 6.07 Å². The van der Waals surface area contributed by atoms with Crippen LogP contribution in [0.3, 0.4) is 0 Å². The molecular weight excluding hydrogens is 310 g/mol. The Morgan fingerprint density at radius 2 is 2.08 bits per heavy atom. The molecule has 0 bridgehead atoms. The number of aromatic nitrogens is 2. The maximum absolute atomic E-state index is 11.9. The zero-order valence-electron chi connectivity index (χ0n) is 15.4. The minimum atomic E-state index is -0.0671. The Morgan fingerprint density at radius 1 is 1.28 bits per heavy atom. The summed E-state index contributed by atoms with van der Waals surface area (Å²) in [6, 6.07) is 10.1. The Bertz CT molecular complexity index is 736. The lowest BCUT2D eigenvalue weighted by Gasteiger charge is -2.30. The molecular formula is C21H29N3O. The summed E-state index contributed by atoms with van der Waals surface area (Å²) in [5.74, 6) is 1.48. The average molecular weight is 339 g/mol. The molecule has 1 aliphatic rings. The van der Waals surface area contributed by atoms with E-state index in [1.165, 1.54) is 31.5 Å². The minimum absolute atomic E-state index is 0.0671. The molecule has 1 aromatic heterocycles. The van der Waals surface area contributed by atoms with Gasteiger partial charge < -0.3 is 4.98 Å². The number of aromatic amines is 1. The van der Waals surface area contributed by atoms with Crippen molar-refractivity contribution in [3.05, 3.63) is 51.9 Å². The van der Waals surface area contributed by atoms with Crippen LogP contribution in [0.2, 0.25) is 0 Å². The quantitative estimate of drug-likeness (QED) is 0.865. The highest BCUT2D eigenvalue weighted by Crippen LogP contribution is 2.20. The average Bonchev–Trinajstić information content (AvgIpc) is 2.60. The van der Waals surface area contributed by atoms with Crippen LogP contribution in [0, 0.1) is 5.92 Å². The molecule has 1 fully saturated rings. The summed E-state index contributed by atoms with van der Waals surface area (Å²) in [5.41, 5.74) is 3.11. The number of piperidine rings is 1. The fraction of sp³-hybridized carbons (Fsp3) is 0.524. The summed E-state index contributed by atoms with van der Waals surface area (Å²) in [4.78, 5) is 21.9. The van der Waals surface area contributed by atoms with Crippen LogP contribution in [0.4, 0.5) is 0 Å². The molecule has 1 saturated heterocycles. The van der Waals surface area contributed by atoms with Gasteiger partial charge in [-0.1, -0.05) is 44.5 Å². The van der Waals surface area contributed by atoms with Gasteiger partial charge in [0.25, 0.3) is 5.56 Å². The molecule has 0 radical (unpaired) electrons. The predicted molar refractivity (Wildman–Crippen MR) is 103 cm³/mol. The molecule has 0 spiro atoms. The molecule has 1 unspecified atom stereocenters. The van der Waals surface area contributed by atoms with Crippen molar-refractivity contribution in [1.82, 2.24) is 14.9 Å². The van der Waals surface area contributed by atoms with Gasteiger partial charge in [0.2, 0.25) is 0 Å². The highest BCUT2D eigenvalue weighted by molar-refractivity contribution is 5.55. The molecule has 1 aliphatic heterocycles.